The predicted molar refractivity (Wildman–Crippen MR) is 83.8 cm³/mol. The van der Waals surface area contributed by atoms with Gasteiger partial charge in [-0.2, -0.15) is 11.8 Å². The van der Waals surface area contributed by atoms with Crippen LogP contribution in [0.1, 0.15) is 12.0 Å². The van der Waals surface area contributed by atoms with Crippen LogP contribution in [-0.2, 0) is 11.3 Å². The molecule has 2 rings (SSSR count). The van der Waals surface area contributed by atoms with Gasteiger partial charge < -0.3 is 15.3 Å². The van der Waals surface area contributed by atoms with Gasteiger partial charge >= 0.3 is 12.0 Å². The number of thioether (sulfide) groups is 1. The van der Waals surface area contributed by atoms with Gasteiger partial charge in [0.15, 0.2) is 0 Å². The number of benzene rings is 1. The molecule has 7 heteroatoms. The fourth-order valence-corrected chi connectivity index (χ4v) is 3.36. The maximum absolute atomic E-state index is 12.2. The lowest BCUT2D eigenvalue weighted by Gasteiger charge is -2.34. The van der Waals surface area contributed by atoms with Gasteiger partial charge in [0.05, 0.1) is 12.5 Å². The van der Waals surface area contributed by atoms with Gasteiger partial charge in [0, 0.05) is 29.6 Å². The number of carbonyl (C=O) groups excluding carboxylic acids is 1. The Morgan fingerprint density at radius 3 is 2.76 bits per heavy atom. The van der Waals surface area contributed by atoms with Crippen LogP contribution in [0, 0.1) is 0 Å². The number of urea groups is 1. The molecule has 0 aromatic heterocycles. The third-order valence-corrected chi connectivity index (χ3v) is 4.60. The molecule has 1 aliphatic rings. The molecule has 1 heterocycles. The number of nitrogens with one attached hydrogen (secondary N) is 1. The smallest absolute Gasteiger partial charge is 0.317 e. The maximum atomic E-state index is 12.2. The number of carbonyl (C=O) groups is 2. The lowest BCUT2D eigenvalue weighted by atomic mass is 10.2. The fraction of sp³-hybridized carbons (Fsp3) is 0.429. The van der Waals surface area contributed by atoms with Crippen molar-refractivity contribution in [1.29, 1.82) is 0 Å². The third kappa shape index (κ3) is 4.82. The Kier molecular flexibility index (Phi) is 5.76. The van der Waals surface area contributed by atoms with Crippen molar-refractivity contribution in [3.8, 4) is 0 Å². The summed E-state index contributed by atoms with van der Waals surface area (Å²) in [6, 6.07) is 6.79. The van der Waals surface area contributed by atoms with E-state index in [0.29, 0.717) is 23.9 Å². The molecular formula is C14H17ClN2O3S. The minimum Gasteiger partial charge on any atom is -0.481 e. The summed E-state index contributed by atoms with van der Waals surface area (Å²) in [7, 11) is 0. The zero-order valence-electron chi connectivity index (χ0n) is 11.4. The first-order valence-electron chi connectivity index (χ1n) is 6.64. The Labute approximate surface area is 132 Å². The lowest BCUT2D eigenvalue weighted by molar-refractivity contribution is -0.137. The van der Waals surface area contributed by atoms with Crippen molar-refractivity contribution in [3.05, 3.63) is 34.9 Å². The first-order chi connectivity index (χ1) is 10.1. The SMILES string of the molecule is O=C(O)CC1CSCCN1C(=O)NCc1ccc(Cl)cc1. The number of carboxylic acid groups (broad SMARTS) is 1. The summed E-state index contributed by atoms with van der Waals surface area (Å²) in [6.45, 7) is 0.981. The highest BCUT2D eigenvalue weighted by Gasteiger charge is 2.28. The summed E-state index contributed by atoms with van der Waals surface area (Å²) in [5, 5.41) is 12.4. The van der Waals surface area contributed by atoms with E-state index in [0.717, 1.165) is 11.3 Å². The van der Waals surface area contributed by atoms with E-state index >= 15 is 0 Å². The van der Waals surface area contributed by atoms with Gasteiger partial charge in [-0.1, -0.05) is 23.7 Å². The average Bonchev–Trinajstić information content (AvgIpc) is 2.46. The molecule has 0 saturated carbocycles. The Morgan fingerprint density at radius 1 is 1.38 bits per heavy atom. The van der Waals surface area contributed by atoms with E-state index < -0.39 is 5.97 Å². The summed E-state index contributed by atoms with van der Waals surface area (Å²) >= 11 is 7.49. The van der Waals surface area contributed by atoms with Crippen LogP contribution in [0.4, 0.5) is 4.79 Å². The van der Waals surface area contributed by atoms with Crippen molar-refractivity contribution >= 4 is 35.4 Å². The standard InChI is InChI=1S/C14H17ClN2O3S/c15-11-3-1-10(2-4-11)8-16-14(20)17-5-6-21-9-12(17)7-13(18)19/h1-4,12H,5-9H2,(H,16,20)(H,18,19). The number of carboxylic acids is 1. The molecule has 2 amide bonds. The van der Waals surface area contributed by atoms with Crippen LogP contribution in [0.25, 0.3) is 0 Å². The highest BCUT2D eigenvalue weighted by molar-refractivity contribution is 7.99. The molecule has 0 spiro atoms. The fourth-order valence-electron chi connectivity index (χ4n) is 2.17. The number of nitrogens with zero attached hydrogens (tertiary/aromatic N) is 1. The van der Waals surface area contributed by atoms with E-state index in [1.807, 2.05) is 12.1 Å². The number of rotatable bonds is 4. The molecule has 21 heavy (non-hydrogen) atoms. The average molecular weight is 329 g/mol. The van der Waals surface area contributed by atoms with Gasteiger partial charge in [0.25, 0.3) is 0 Å². The number of halogens is 1. The second-order valence-corrected chi connectivity index (χ2v) is 6.39. The van der Waals surface area contributed by atoms with Gasteiger partial charge in [-0.15, -0.1) is 0 Å². The van der Waals surface area contributed by atoms with Crippen LogP contribution in [0.15, 0.2) is 24.3 Å². The Morgan fingerprint density at radius 2 is 2.10 bits per heavy atom. The van der Waals surface area contributed by atoms with E-state index in [-0.39, 0.29) is 18.5 Å². The molecule has 1 fully saturated rings. The molecule has 0 aliphatic carbocycles. The van der Waals surface area contributed by atoms with Crippen molar-refractivity contribution in [2.45, 2.75) is 19.0 Å². The molecule has 1 unspecified atom stereocenters. The maximum Gasteiger partial charge on any atom is 0.317 e. The van der Waals surface area contributed by atoms with E-state index in [4.69, 9.17) is 16.7 Å². The van der Waals surface area contributed by atoms with Gasteiger partial charge in [-0.25, -0.2) is 4.79 Å². The number of aliphatic carboxylic acids is 1. The van der Waals surface area contributed by atoms with Crippen LogP contribution in [0.5, 0.6) is 0 Å². The first kappa shape index (κ1) is 16.0. The number of hydrogen-bond acceptors (Lipinski definition) is 3. The van der Waals surface area contributed by atoms with Crippen LogP contribution >= 0.6 is 23.4 Å². The van der Waals surface area contributed by atoms with Crippen LogP contribution in [0.3, 0.4) is 0 Å². The zero-order chi connectivity index (χ0) is 15.2. The van der Waals surface area contributed by atoms with Crippen molar-refractivity contribution in [2.24, 2.45) is 0 Å². The molecule has 114 valence electrons. The molecular weight excluding hydrogens is 312 g/mol. The normalized spacial score (nSPS) is 18.3. The molecule has 1 aromatic rings. The van der Waals surface area contributed by atoms with E-state index in [1.165, 1.54) is 0 Å². The van der Waals surface area contributed by atoms with Crippen molar-refractivity contribution in [2.75, 3.05) is 18.1 Å². The number of hydrogen-bond donors (Lipinski definition) is 2. The van der Waals surface area contributed by atoms with E-state index in [2.05, 4.69) is 5.32 Å². The van der Waals surface area contributed by atoms with Crippen LogP contribution in [-0.4, -0.2) is 46.1 Å². The van der Waals surface area contributed by atoms with Gasteiger partial charge in [0.2, 0.25) is 0 Å². The first-order valence-corrected chi connectivity index (χ1v) is 8.18. The van der Waals surface area contributed by atoms with Gasteiger partial charge in [-0.3, -0.25) is 4.79 Å². The molecule has 1 aliphatic heterocycles. The zero-order valence-corrected chi connectivity index (χ0v) is 13.0. The minimum atomic E-state index is -0.877. The summed E-state index contributed by atoms with van der Waals surface area (Å²) in [5.74, 6) is 0.628. The summed E-state index contributed by atoms with van der Waals surface area (Å²) in [6.07, 6.45) is -0.0125. The van der Waals surface area contributed by atoms with Crippen molar-refractivity contribution in [1.82, 2.24) is 10.2 Å². The quantitative estimate of drug-likeness (QED) is 0.890. The Bertz CT molecular complexity index is 509. The molecule has 0 bridgehead atoms. The predicted octanol–water partition coefficient (Wildman–Crippen LogP) is 2.44. The summed E-state index contributed by atoms with van der Waals surface area (Å²) in [5.41, 5.74) is 0.953. The highest BCUT2D eigenvalue weighted by Crippen LogP contribution is 2.19. The van der Waals surface area contributed by atoms with E-state index in [1.54, 1.807) is 28.8 Å². The number of amides is 2. The largest absolute Gasteiger partial charge is 0.481 e. The second-order valence-electron chi connectivity index (χ2n) is 4.81. The van der Waals surface area contributed by atoms with Gasteiger partial charge in [0.1, 0.15) is 0 Å². The lowest BCUT2D eigenvalue weighted by Crippen LogP contribution is -2.51. The van der Waals surface area contributed by atoms with Crippen LogP contribution < -0.4 is 5.32 Å². The summed E-state index contributed by atoms with van der Waals surface area (Å²) < 4.78 is 0. The summed E-state index contributed by atoms with van der Waals surface area (Å²) in [4.78, 5) is 24.7. The molecule has 1 saturated heterocycles. The molecule has 5 nitrogen and oxygen atoms in total. The monoisotopic (exact) mass is 328 g/mol. The van der Waals surface area contributed by atoms with Crippen molar-refractivity contribution in [3.63, 3.8) is 0 Å². The highest BCUT2D eigenvalue weighted by atomic mass is 35.5. The topological polar surface area (TPSA) is 69.6 Å². The molecule has 2 N–H and O–H groups in total. The Hall–Kier alpha value is -1.40. The molecule has 1 aromatic carbocycles. The third-order valence-electron chi connectivity index (χ3n) is 3.26. The van der Waals surface area contributed by atoms with Gasteiger partial charge in [-0.05, 0) is 17.7 Å². The van der Waals surface area contributed by atoms with Crippen molar-refractivity contribution < 1.29 is 14.7 Å². The van der Waals surface area contributed by atoms with E-state index in [9.17, 15) is 9.59 Å². The second kappa shape index (κ2) is 7.56. The minimum absolute atomic E-state index is 0.0125. The Balaban J connectivity index is 1.91. The molecule has 1 atom stereocenters. The molecule has 0 radical (unpaired) electrons. The van der Waals surface area contributed by atoms with Crippen LogP contribution in [0.2, 0.25) is 5.02 Å².